The van der Waals surface area contributed by atoms with E-state index in [0.29, 0.717) is 16.1 Å². The van der Waals surface area contributed by atoms with Gasteiger partial charge in [-0.3, -0.25) is 4.79 Å². The van der Waals surface area contributed by atoms with Gasteiger partial charge in [0.2, 0.25) is 0 Å². The van der Waals surface area contributed by atoms with Crippen LogP contribution in [0.1, 0.15) is 27.0 Å². The Morgan fingerprint density at radius 2 is 1.53 bits per heavy atom. The summed E-state index contributed by atoms with van der Waals surface area (Å²) in [5, 5.41) is 0.944. The van der Waals surface area contributed by atoms with Gasteiger partial charge in [-0.1, -0.05) is 52.5 Å². The van der Waals surface area contributed by atoms with Gasteiger partial charge in [0, 0.05) is 10.6 Å². The Morgan fingerprint density at radius 1 is 0.947 bits per heavy atom. The maximum absolute atomic E-state index is 12.6. The molecule has 0 saturated carbocycles. The van der Waals surface area contributed by atoms with Crippen LogP contribution in [0.25, 0.3) is 0 Å². The van der Waals surface area contributed by atoms with Crippen LogP contribution in [0.5, 0.6) is 0 Å². The lowest BCUT2D eigenvalue weighted by molar-refractivity contribution is 0.103. The molecule has 0 aromatic heterocycles. The molecule has 19 heavy (non-hydrogen) atoms. The molecule has 0 radical (unpaired) electrons. The second-order valence-electron chi connectivity index (χ2n) is 4.39. The van der Waals surface area contributed by atoms with Crippen molar-refractivity contribution in [1.29, 1.82) is 0 Å². The van der Waals surface area contributed by atoms with E-state index in [1.165, 1.54) is 12.1 Å². The maximum atomic E-state index is 12.6. The number of hydrogen-bond donors (Lipinski definition) is 0. The zero-order valence-electron chi connectivity index (χ0n) is 10.4. The first-order chi connectivity index (χ1) is 8.90. The SMILES string of the molecule is Cc1ccc(C)c(C(=O)c2c(Cl)cc(Cl)cc2Cl)c1. The molecule has 0 N–H and O–H groups in total. The number of halogens is 3. The fourth-order valence-electron chi connectivity index (χ4n) is 1.87. The Balaban J connectivity index is 2.59. The zero-order chi connectivity index (χ0) is 14.2. The summed E-state index contributed by atoms with van der Waals surface area (Å²) >= 11 is 18.0. The first-order valence-corrected chi connectivity index (χ1v) is 6.80. The van der Waals surface area contributed by atoms with Crippen molar-refractivity contribution in [1.82, 2.24) is 0 Å². The summed E-state index contributed by atoms with van der Waals surface area (Å²) in [7, 11) is 0. The van der Waals surface area contributed by atoms with Gasteiger partial charge in [-0.15, -0.1) is 0 Å². The van der Waals surface area contributed by atoms with Crippen LogP contribution in [0.4, 0.5) is 0 Å². The highest BCUT2D eigenvalue weighted by atomic mass is 35.5. The smallest absolute Gasteiger partial charge is 0.196 e. The van der Waals surface area contributed by atoms with Gasteiger partial charge in [-0.25, -0.2) is 0 Å². The van der Waals surface area contributed by atoms with E-state index in [1.54, 1.807) is 0 Å². The van der Waals surface area contributed by atoms with Gasteiger partial charge in [0.25, 0.3) is 0 Å². The number of aryl methyl sites for hydroxylation is 2. The van der Waals surface area contributed by atoms with Crippen molar-refractivity contribution in [3.05, 3.63) is 67.7 Å². The Kier molecular flexibility index (Phi) is 4.19. The Hall–Kier alpha value is -1.02. The number of benzene rings is 2. The Labute approximate surface area is 127 Å². The number of carbonyl (C=O) groups is 1. The molecule has 0 bridgehead atoms. The molecule has 2 aromatic rings. The van der Waals surface area contributed by atoms with Crippen molar-refractivity contribution in [2.45, 2.75) is 13.8 Å². The fourth-order valence-corrected chi connectivity index (χ4v) is 2.86. The van der Waals surface area contributed by atoms with E-state index < -0.39 is 0 Å². The first kappa shape index (κ1) is 14.4. The predicted octanol–water partition coefficient (Wildman–Crippen LogP) is 5.49. The summed E-state index contributed by atoms with van der Waals surface area (Å²) in [5.74, 6) is -0.187. The van der Waals surface area contributed by atoms with E-state index in [-0.39, 0.29) is 15.8 Å². The quantitative estimate of drug-likeness (QED) is 0.670. The lowest BCUT2D eigenvalue weighted by Crippen LogP contribution is -2.06. The molecule has 2 rings (SSSR count). The molecule has 0 aliphatic rings. The van der Waals surface area contributed by atoms with Gasteiger partial charge in [0.15, 0.2) is 5.78 Å². The van der Waals surface area contributed by atoms with Crippen LogP contribution >= 0.6 is 34.8 Å². The van der Waals surface area contributed by atoms with Gasteiger partial charge in [0.1, 0.15) is 0 Å². The van der Waals surface area contributed by atoms with Gasteiger partial charge in [-0.05, 0) is 37.6 Å². The van der Waals surface area contributed by atoms with Gasteiger partial charge in [-0.2, -0.15) is 0 Å². The largest absolute Gasteiger partial charge is 0.288 e. The number of ketones is 1. The molecule has 0 amide bonds. The monoisotopic (exact) mass is 312 g/mol. The van der Waals surface area contributed by atoms with Crippen LogP contribution in [0.15, 0.2) is 30.3 Å². The molecule has 0 atom stereocenters. The average molecular weight is 314 g/mol. The molecule has 2 aromatic carbocycles. The van der Waals surface area contributed by atoms with E-state index in [1.807, 2.05) is 32.0 Å². The van der Waals surface area contributed by atoms with Gasteiger partial charge < -0.3 is 0 Å². The second kappa shape index (κ2) is 5.54. The number of rotatable bonds is 2. The standard InChI is InChI=1S/C15H11Cl3O/c1-8-3-4-9(2)11(5-8)15(19)14-12(17)6-10(16)7-13(14)18/h3-7H,1-2H3. The van der Waals surface area contributed by atoms with Gasteiger partial charge >= 0.3 is 0 Å². The molecule has 98 valence electrons. The second-order valence-corrected chi connectivity index (χ2v) is 5.64. The molecule has 4 heteroatoms. The molecule has 0 spiro atoms. The maximum Gasteiger partial charge on any atom is 0.196 e. The molecule has 0 aliphatic heterocycles. The minimum Gasteiger partial charge on any atom is -0.288 e. The van der Waals surface area contributed by atoms with Crippen molar-refractivity contribution >= 4 is 40.6 Å². The summed E-state index contributed by atoms with van der Waals surface area (Å²) in [5.41, 5.74) is 2.79. The lowest BCUT2D eigenvalue weighted by Gasteiger charge is -2.10. The number of hydrogen-bond acceptors (Lipinski definition) is 1. The molecule has 0 aliphatic carbocycles. The highest BCUT2D eigenvalue weighted by molar-refractivity contribution is 6.43. The zero-order valence-corrected chi connectivity index (χ0v) is 12.7. The van der Waals surface area contributed by atoms with Crippen molar-refractivity contribution in [3.63, 3.8) is 0 Å². The van der Waals surface area contributed by atoms with E-state index in [2.05, 4.69) is 0 Å². The minimum absolute atomic E-state index is 0.187. The third kappa shape index (κ3) is 2.94. The third-order valence-corrected chi connectivity index (χ3v) is 3.69. The molecular formula is C15H11Cl3O. The Morgan fingerprint density at radius 3 is 2.11 bits per heavy atom. The fraction of sp³-hybridized carbons (Fsp3) is 0.133. The predicted molar refractivity (Wildman–Crippen MR) is 80.8 cm³/mol. The lowest BCUT2D eigenvalue weighted by atomic mass is 9.97. The summed E-state index contributed by atoms with van der Waals surface area (Å²) in [4.78, 5) is 12.6. The van der Waals surface area contributed by atoms with E-state index in [0.717, 1.165) is 11.1 Å². The van der Waals surface area contributed by atoms with Crippen LogP contribution in [-0.4, -0.2) is 5.78 Å². The third-order valence-electron chi connectivity index (χ3n) is 2.87. The topological polar surface area (TPSA) is 17.1 Å². The summed E-state index contributed by atoms with van der Waals surface area (Å²) < 4.78 is 0. The Bertz CT molecular complexity index is 639. The summed E-state index contributed by atoms with van der Waals surface area (Å²) in [6, 6.07) is 8.73. The minimum atomic E-state index is -0.187. The van der Waals surface area contributed by atoms with Crippen LogP contribution in [-0.2, 0) is 0 Å². The molecule has 0 unspecified atom stereocenters. The average Bonchev–Trinajstić information content (AvgIpc) is 2.30. The molecule has 0 heterocycles. The van der Waals surface area contributed by atoms with Crippen LogP contribution in [0.3, 0.4) is 0 Å². The first-order valence-electron chi connectivity index (χ1n) is 5.66. The summed E-state index contributed by atoms with van der Waals surface area (Å²) in [6.07, 6.45) is 0. The van der Waals surface area contributed by atoms with E-state index in [4.69, 9.17) is 34.8 Å². The van der Waals surface area contributed by atoms with Crippen LogP contribution in [0.2, 0.25) is 15.1 Å². The van der Waals surface area contributed by atoms with Gasteiger partial charge in [0.05, 0.1) is 15.6 Å². The van der Waals surface area contributed by atoms with Crippen LogP contribution in [0, 0.1) is 13.8 Å². The van der Waals surface area contributed by atoms with Crippen molar-refractivity contribution in [2.75, 3.05) is 0 Å². The summed E-state index contributed by atoms with van der Waals surface area (Å²) in [6.45, 7) is 3.81. The van der Waals surface area contributed by atoms with Crippen LogP contribution < -0.4 is 0 Å². The molecule has 1 nitrogen and oxygen atoms in total. The molecule has 0 saturated heterocycles. The van der Waals surface area contributed by atoms with Crippen molar-refractivity contribution < 1.29 is 4.79 Å². The van der Waals surface area contributed by atoms with Crippen molar-refractivity contribution in [3.8, 4) is 0 Å². The molecule has 0 fully saturated rings. The highest BCUT2D eigenvalue weighted by Crippen LogP contribution is 2.31. The number of carbonyl (C=O) groups excluding carboxylic acids is 1. The van der Waals surface area contributed by atoms with E-state index in [9.17, 15) is 4.79 Å². The highest BCUT2D eigenvalue weighted by Gasteiger charge is 2.19. The molecular weight excluding hydrogens is 303 g/mol. The van der Waals surface area contributed by atoms with Crippen molar-refractivity contribution in [2.24, 2.45) is 0 Å². The normalized spacial score (nSPS) is 10.6. The van der Waals surface area contributed by atoms with E-state index >= 15 is 0 Å².